The van der Waals surface area contributed by atoms with Gasteiger partial charge in [-0.25, -0.2) is 4.79 Å². The first kappa shape index (κ1) is 9.09. The van der Waals surface area contributed by atoms with Crippen molar-refractivity contribution >= 4 is 11.6 Å². The van der Waals surface area contributed by atoms with E-state index in [2.05, 4.69) is 4.98 Å². The van der Waals surface area contributed by atoms with Gasteiger partial charge in [-0.05, 0) is 31.2 Å². The molecule has 0 aliphatic carbocycles. The van der Waals surface area contributed by atoms with E-state index in [0.717, 1.165) is 11.4 Å². The number of aromatic nitrogens is 2. The first-order valence-corrected chi connectivity index (χ1v) is 4.59. The van der Waals surface area contributed by atoms with Gasteiger partial charge in [0.2, 0.25) is 0 Å². The fraction of sp³-hybridized carbons (Fsp3) is 0.100. The third kappa shape index (κ3) is 1.59. The van der Waals surface area contributed by atoms with Crippen molar-refractivity contribution in [1.29, 1.82) is 0 Å². The number of aromatic amines is 1. The van der Waals surface area contributed by atoms with Crippen LogP contribution in [0.3, 0.4) is 0 Å². The number of benzene rings is 1. The fourth-order valence-corrected chi connectivity index (χ4v) is 1.43. The lowest BCUT2D eigenvalue weighted by atomic mass is 10.3. The maximum absolute atomic E-state index is 11.4. The monoisotopic (exact) mass is 208 g/mol. The zero-order chi connectivity index (χ0) is 10.1. The summed E-state index contributed by atoms with van der Waals surface area (Å²) in [7, 11) is 0. The summed E-state index contributed by atoms with van der Waals surface area (Å²) in [6, 6.07) is 7.12. The van der Waals surface area contributed by atoms with E-state index in [9.17, 15) is 4.79 Å². The molecule has 1 N–H and O–H groups in total. The van der Waals surface area contributed by atoms with E-state index in [4.69, 9.17) is 11.6 Å². The van der Waals surface area contributed by atoms with Gasteiger partial charge in [-0.2, -0.15) is 0 Å². The van der Waals surface area contributed by atoms with Crippen molar-refractivity contribution in [2.24, 2.45) is 0 Å². The van der Waals surface area contributed by atoms with Crippen LogP contribution in [-0.2, 0) is 0 Å². The summed E-state index contributed by atoms with van der Waals surface area (Å²) < 4.78 is 1.55. The molecule has 2 rings (SSSR count). The van der Waals surface area contributed by atoms with E-state index in [1.807, 2.05) is 6.92 Å². The molecule has 0 spiro atoms. The lowest BCUT2D eigenvalue weighted by Crippen LogP contribution is -2.13. The smallest absolute Gasteiger partial charge is 0.310 e. The Bertz CT molecular complexity index is 496. The van der Waals surface area contributed by atoms with E-state index >= 15 is 0 Å². The Morgan fingerprint density at radius 1 is 1.29 bits per heavy atom. The van der Waals surface area contributed by atoms with Crippen LogP contribution in [-0.4, -0.2) is 9.55 Å². The van der Waals surface area contributed by atoms with Crippen molar-refractivity contribution < 1.29 is 0 Å². The van der Waals surface area contributed by atoms with Crippen LogP contribution < -0.4 is 5.69 Å². The van der Waals surface area contributed by atoms with E-state index < -0.39 is 0 Å². The Morgan fingerprint density at radius 3 is 2.43 bits per heavy atom. The number of hydrogen-bond acceptors (Lipinski definition) is 1. The van der Waals surface area contributed by atoms with Gasteiger partial charge in [0.25, 0.3) is 0 Å². The second-order valence-corrected chi connectivity index (χ2v) is 3.53. The highest BCUT2D eigenvalue weighted by Gasteiger charge is 2.01. The highest BCUT2D eigenvalue weighted by molar-refractivity contribution is 6.30. The first-order chi connectivity index (χ1) is 6.66. The predicted octanol–water partition coefficient (Wildman–Crippen LogP) is 2.13. The molecule has 1 aromatic carbocycles. The van der Waals surface area contributed by atoms with Crippen molar-refractivity contribution in [1.82, 2.24) is 9.55 Å². The number of imidazole rings is 1. The van der Waals surface area contributed by atoms with Crippen LogP contribution in [0.5, 0.6) is 0 Å². The summed E-state index contributed by atoms with van der Waals surface area (Å²) in [5.74, 6) is 0. The fourth-order valence-electron chi connectivity index (χ4n) is 1.31. The second kappa shape index (κ2) is 3.35. The summed E-state index contributed by atoms with van der Waals surface area (Å²) in [5.41, 5.74) is 1.51. The maximum atomic E-state index is 11.4. The van der Waals surface area contributed by atoms with Crippen LogP contribution >= 0.6 is 11.6 Å². The number of aryl methyl sites for hydroxylation is 1. The molecule has 0 aliphatic rings. The molecule has 4 heteroatoms. The van der Waals surface area contributed by atoms with Crippen molar-refractivity contribution in [3.8, 4) is 5.69 Å². The van der Waals surface area contributed by atoms with E-state index in [-0.39, 0.29) is 5.69 Å². The van der Waals surface area contributed by atoms with Crippen LogP contribution in [0.25, 0.3) is 5.69 Å². The lowest BCUT2D eigenvalue weighted by Gasteiger charge is -1.99. The molecule has 0 bridgehead atoms. The molecule has 0 amide bonds. The minimum absolute atomic E-state index is 0.134. The van der Waals surface area contributed by atoms with Gasteiger partial charge in [-0.3, -0.25) is 4.57 Å². The van der Waals surface area contributed by atoms with E-state index in [0.29, 0.717) is 5.02 Å². The molecule has 0 saturated heterocycles. The molecule has 1 heterocycles. The number of hydrogen-bond donors (Lipinski definition) is 1. The van der Waals surface area contributed by atoms with Gasteiger partial charge in [-0.15, -0.1) is 0 Å². The highest BCUT2D eigenvalue weighted by atomic mass is 35.5. The Hall–Kier alpha value is -1.48. The molecule has 72 valence electrons. The maximum Gasteiger partial charge on any atom is 0.330 e. The highest BCUT2D eigenvalue weighted by Crippen LogP contribution is 2.11. The van der Waals surface area contributed by atoms with Crippen molar-refractivity contribution in [3.63, 3.8) is 0 Å². The Kier molecular flexibility index (Phi) is 2.17. The number of halogens is 1. The number of H-pyrrole nitrogens is 1. The molecule has 0 fully saturated rings. The summed E-state index contributed by atoms with van der Waals surface area (Å²) >= 11 is 5.75. The summed E-state index contributed by atoms with van der Waals surface area (Å²) in [5, 5.41) is 0.661. The normalized spacial score (nSPS) is 10.4. The van der Waals surface area contributed by atoms with E-state index in [1.165, 1.54) is 0 Å². The van der Waals surface area contributed by atoms with Gasteiger partial charge < -0.3 is 4.98 Å². The molecular weight excluding hydrogens is 200 g/mol. The zero-order valence-corrected chi connectivity index (χ0v) is 8.38. The quantitative estimate of drug-likeness (QED) is 0.766. The van der Waals surface area contributed by atoms with Crippen LogP contribution in [0.1, 0.15) is 5.69 Å². The van der Waals surface area contributed by atoms with Crippen molar-refractivity contribution in [2.45, 2.75) is 6.92 Å². The van der Waals surface area contributed by atoms with Gasteiger partial charge in [0, 0.05) is 16.9 Å². The van der Waals surface area contributed by atoms with Crippen LogP contribution in [0.2, 0.25) is 5.02 Å². The summed E-state index contributed by atoms with van der Waals surface area (Å²) in [6.07, 6.45) is 1.76. The standard InChI is InChI=1S/C10H9ClN2O/c1-7-6-13(10(14)12-7)9-4-2-8(11)3-5-9/h2-6H,1H3,(H,12,14). The first-order valence-electron chi connectivity index (χ1n) is 4.21. The Labute approximate surface area is 86.0 Å². The average Bonchev–Trinajstić information content (AvgIpc) is 2.47. The van der Waals surface area contributed by atoms with Gasteiger partial charge >= 0.3 is 5.69 Å². The summed E-state index contributed by atoms with van der Waals surface area (Å²) in [4.78, 5) is 14.1. The Morgan fingerprint density at radius 2 is 1.93 bits per heavy atom. The van der Waals surface area contributed by atoms with Gasteiger partial charge in [0.1, 0.15) is 0 Å². The molecule has 0 saturated carbocycles. The Balaban J connectivity index is 2.54. The molecule has 0 radical (unpaired) electrons. The molecule has 0 atom stereocenters. The predicted molar refractivity (Wildman–Crippen MR) is 56.1 cm³/mol. The molecule has 2 aromatic rings. The summed E-state index contributed by atoms with van der Waals surface area (Å²) in [6.45, 7) is 1.84. The minimum Gasteiger partial charge on any atom is -0.310 e. The van der Waals surface area contributed by atoms with Gasteiger partial charge in [-0.1, -0.05) is 11.6 Å². The van der Waals surface area contributed by atoms with Crippen molar-refractivity contribution in [2.75, 3.05) is 0 Å². The molecule has 0 unspecified atom stereocenters. The topological polar surface area (TPSA) is 37.8 Å². The lowest BCUT2D eigenvalue weighted by molar-refractivity contribution is 0.987. The number of nitrogens with zero attached hydrogens (tertiary/aromatic N) is 1. The van der Waals surface area contributed by atoms with E-state index in [1.54, 1.807) is 35.0 Å². The molecule has 14 heavy (non-hydrogen) atoms. The van der Waals surface area contributed by atoms with Gasteiger partial charge in [0.05, 0.1) is 5.69 Å². The third-order valence-corrected chi connectivity index (χ3v) is 2.20. The van der Waals surface area contributed by atoms with Crippen LogP contribution in [0, 0.1) is 6.92 Å². The molecule has 1 aromatic heterocycles. The van der Waals surface area contributed by atoms with Crippen LogP contribution in [0.15, 0.2) is 35.3 Å². The van der Waals surface area contributed by atoms with Crippen LogP contribution in [0.4, 0.5) is 0 Å². The largest absolute Gasteiger partial charge is 0.330 e. The van der Waals surface area contributed by atoms with Crippen molar-refractivity contribution in [3.05, 3.63) is 51.7 Å². The van der Waals surface area contributed by atoms with Gasteiger partial charge in [0.15, 0.2) is 0 Å². The minimum atomic E-state index is -0.134. The SMILES string of the molecule is Cc1cn(-c2ccc(Cl)cc2)c(=O)[nH]1. The average molecular weight is 209 g/mol. The zero-order valence-electron chi connectivity index (χ0n) is 7.62. The second-order valence-electron chi connectivity index (χ2n) is 3.09. The third-order valence-electron chi connectivity index (χ3n) is 1.95. The molecular formula is C10H9ClN2O. The number of nitrogens with one attached hydrogen (secondary N) is 1. The molecule has 3 nitrogen and oxygen atoms in total. The molecule has 0 aliphatic heterocycles. The number of rotatable bonds is 1.